The molecular formula is C7H15NO. The molecule has 2 nitrogen and oxygen atoms in total. The van der Waals surface area contributed by atoms with Crippen LogP contribution >= 0.6 is 0 Å². The van der Waals surface area contributed by atoms with E-state index in [1.54, 1.807) is 0 Å². The smallest absolute Gasteiger partial charge is 0.0701 e. The van der Waals surface area contributed by atoms with E-state index in [1.165, 1.54) is 0 Å². The van der Waals surface area contributed by atoms with E-state index in [1.807, 2.05) is 6.92 Å². The van der Waals surface area contributed by atoms with Crippen molar-refractivity contribution in [1.82, 2.24) is 0 Å². The van der Waals surface area contributed by atoms with E-state index in [9.17, 15) is 0 Å². The van der Waals surface area contributed by atoms with Gasteiger partial charge in [-0.25, -0.2) is 0 Å². The molecule has 0 aromatic rings. The van der Waals surface area contributed by atoms with Crippen LogP contribution < -0.4 is 5.73 Å². The van der Waals surface area contributed by atoms with E-state index in [-0.39, 0.29) is 12.1 Å². The second-order valence-electron chi connectivity index (χ2n) is 2.89. The lowest BCUT2D eigenvalue weighted by atomic mass is 10.0. The molecule has 9 heavy (non-hydrogen) atoms. The molecule has 0 unspecified atom stereocenters. The molecular weight excluding hydrogens is 114 g/mol. The van der Waals surface area contributed by atoms with Gasteiger partial charge >= 0.3 is 0 Å². The zero-order chi connectivity index (χ0) is 6.85. The zero-order valence-corrected chi connectivity index (χ0v) is 6.13. The Morgan fingerprint density at radius 1 is 1.33 bits per heavy atom. The molecule has 1 fully saturated rings. The molecule has 1 aliphatic heterocycles. The number of ether oxygens (including phenoxy) is 1. The van der Waals surface area contributed by atoms with Crippen LogP contribution in [0.2, 0.25) is 0 Å². The maximum atomic E-state index is 5.72. The molecule has 1 aliphatic rings. The normalized spacial score (nSPS) is 45.0. The summed E-state index contributed by atoms with van der Waals surface area (Å²) in [6.07, 6.45) is 2.90. The summed E-state index contributed by atoms with van der Waals surface area (Å²) in [6, 6.07) is 0.265. The van der Waals surface area contributed by atoms with Crippen molar-refractivity contribution in [3.63, 3.8) is 0 Å². The third-order valence-corrected chi connectivity index (χ3v) is 1.96. The molecule has 2 N–H and O–H groups in total. The minimum Gasteiger partial charge on any atom is -0.374 e. The van der Waals surface area contributed by atoms with Crippen LogP contribution in [0.3, 0.4) is 0 Å². The van der Waals surface area contributed by atoms with Gasteiger partial charge in [0.2, 0.25) is 0 Å². The maximum absolute atomic E-state index is 5.72. The molecule has 1 saturated heterocycles. The highest BCUT2D eigenvalue weighted by Gasteiger charge is 2.21. The van der Waals surface area contributed by atoms with Crippen LogP contribution in [0.4, 0.5) is 0 Å². The molecule has 0 aliphatic carbocycles. The third-order valence-electron chi connectivity index (χ3n) is 1.96. The molecule has 0 spiro atoms. The van der Waals surface area contributed by atoms with Crippen LogP contribution in [0.15, 0.2) is 0 Å². The van der Waals surface area contributed by atoms with Crippen LogP contribution in [0.1, 0.15) is 26.7 Å². The van der Waals surface area contributed by atoms with Gasteiger partial charge in [-0.05, 0) is 26.7 Å². The molecule has 0 saturated carbocycles. The van der Waals surface area contributed by atoms with Gasteiger partial charge in [0.25, 0.3) is 0 Å². The number of hydrogen-bond donors (Lipinski definition) is 1. The van der Waals surface area contributed by atoms with Crippen molar-refractivity contribution in [1.29, 1.82) is 0 Å². The number of rotatable bonds is 0. The average molecular weight is 129 g/mol. The first-order valence-electron chi connectivity index (χ1n) is 3.61. The van der Waals surface area contributed by atoms with Crippen LogP contribution in [-0.4, -0.2) is 18.2 Å². The van der Waals surface area contributed by atoms with Gasteiger partial charge in [0, 0.05) is 6.04 Å². The van der Waals surface area contributed by atoms with Crippen molar-refractivity contribution in [3.05, 3.63) is 0 Å². The maximum Gasteiger partial charge on any atom is 0.0701 e. The van der Waals surface area contributed by atoms with E-state index in [0.29, 0.717) is 6.10 Å². The second kappa shape index (κ2) is 2.67. The molecule has 0 aromatic carbocycles. The van der Waals surface area contributed by atoms with E-state index < -0.39 is 0 Å². The molecule has 0 amide bonds. The first-order valence-corrected chi connectivity index (χ1v) is 3.61. The molecule has 1 rings (SSSR count). The summed E-state index contributed by atoms with van der Waals surface area (Å²) in [5.41, 5.74) is 5.72. The topological polar surface area (TPSA) is 35.2 Å². The first kappa shape index (κ1) is 7.03. The lowest BCUT2D eigenvalue weighted by molar-refractivity contribution is -0.0410. The van der Waals surface area contributed by atoms with Gasteiger partial charge in [-0.2, -0.15) is 0 Å². The molecule has 54 valence electrons. The Balaban J connectivity index is 2.35. The van der Waals surface area contributed by atoms with Gasteiger partial charge in [-0.1, -0.05) is 0 Å². The summed E-state index contributed by atoms with van der Waals surface area (Å²) in [7, 11) is 0. The van der Waals surface area contributed by atoms with Crippen molar-refractivity contribution in [2.45, 2.75) is 44.9 Å². The van der Waals surface area contributed by atoms with E-state index in [2.05, 4.69) is 6.92 Å². The predicted molar refractivity (Wildman–Crippen MR) is 37.2 cm³/mol. The summed E-state index contributed by atoms with van der Waals surface area (Å²) in [5, 5.41) is 0. The van der Waals surface area contributed by atoms with Crippen molar-refractivity contribution >= 4 is 0 Å². The lowest BCUT2D eigenvalue weighted by Crippen LogP contribution is -2.41. The Kier molecular flexibility index (Phi) is 2.09. The van der Waals surface area contributed by atoms with E-state index in [4.69, 9.17) is 10.5 Å². The lowest BCUT2D eigenvalue weighted by Gasteiger charge is -2.30. The highest BCUT2D eigenvalue weighted by Crippen LogP contribution is 2.16. The summed E-state index contributed by atoms with van der Waals surface area (Å²) in [6.45, 7) is 4.14. The Morgan fingerprint density at radius 3 is 2.44 bits per heavy atom. The highest BCUT2D eigenvalue weighted by atomic mass is 16.5. The van der Waals surface area contributed by atoms with Gasteiger partial charge in [0.15, 0.2) is 0 Å². The third kappa shape index (κ3) is 1.66. The van der Waals surface area contributed by atoms with Crippen molar-refractivity contribution < 1.29 is 4.74 Å². The second-order valence-corrected chi connectivity index (χ2v) is 2.89. The molecule has 2 heteroatoms. The van der Waals surface area contributed by atoms with Crippen LogP contribution in [0.5, 0.6) is 0 Å². The standard InChI is InChI=1S/C7H15NO/c1-5-3-4-7(8)6(2)9-5/h5-7H,3-4,8H2,1-2H3/t5-,6+,7+/m0/s1. The van der Waals surface area contributed by atoms with Gasteiger partial charge in [-0.3, -0.25) is 0 Å². The largest absolute Gasteiger partial charge is 0.374 e. The fourth-order valence-corrected chi connectivity index (χ4v) is 1.20. The quantitative estimate of drug-likeness (QED) is 0.527. The molecule has 0 bridgehead atoms. The fraction of sp³-hybridized carbons (Fsp3) is 1.00. The molecule has 0 aromatic heterocycles. The number of hydrogen-bond acceptors (Lipinski definition) is 2. The average Bonchev–Trinajstić information content (AvgIpc) is 1.80. The van der Waals surface area contributed by atoms with Crippen molar-refractivity contribution in [2.24, 2.45) is 5.73 Å². The highest BCUT2D eigenvalue weighted by molar-refractivity contribution is 4.76. The first-order chi connectivity index (χ1) is 4.20. The Labute approximate surface area is 56.4 Å². The van der Waals surface area contributed by atoms with Crippen LogP contribution in [0, 0.1) is 0 Å². The van der Waals surface area contributed by atoms with Gasteiger partial charge in [0.05, 0.1) is 12.2 Å². The zero-order valence-electron chi connectivity index (χ0n) is 6.13. The van der Waals surface area contributed by atoms with Crippen LogP contribution in [0.25, 0.3) is 0 Å². The SMILES string of the molecule is C[C@H]1CC[C@@H](N)[C@@H](C)O1. The van der Waals surface area contributed by atoms with Crippen LogP contribution in [-0.2, 0) is 4.74 Å². The van der Waals surface area contributed by atoms with Crippen molar-refractivity contribution in [3.8, 4) is 0 Å². The summed E-state index contributed by atoms with van der Waals surface area (Å²) >= 11 is 0. The Bertz CT molecular complexity index is 94.9. The van der Waals surface area contributed by atoms with Gasteiger partial charge in [-0.15, -0.1) is 0 Å². The monoisotopic (exact) mass is 129 g/mol. The summed E-state index contributed by atoms with van der Waals surface area (Å²) < 4.78 is 5.47. The van der Waals surface area contributed by atoms with Gasteiger partial charge in [0.1, 0.15) is 0 Å². The van der Waals surface area contributed by atoms with E-state index in [0.717, 1.165) is 12.8 Å². The fourth-order valence-electron chi connectivity index (χ4n) is 1.20. The summed E-state index contributed by atoms with van der Waals surface area (Å²) in [4.78, 5) is 0. The minimum atomic E-state index is 0.258. The Morgan fingerprint density at radius 2 is 2.00 bits per heavy atom. The van der Waals surface area contributed by atoms with Crippen molar-refractivity contribution in [2.75, 3.05) is 0 Å². The molecule has 0 radical (unpaired) electrons. The summed E-state index contributed by atoms with van der Waals surface area (Å²) in [5.74, 6) is 0. The minimum absolute atomic E-state index is 0.258. The predicted octanol–water partition coefficient (Wildman–Crippen LogP) is 0.901. The number of nitrogens with two attached hydrogens (primary N) is 1. The molecule has 3 atom stereocenters. The van der Waals surface area contributed by atoms with E-state index >= 15 is 0 Å². The molecule has 1 heterocycles. The van der Waals surface area contributed by atoms with Gasteiger partial charge < -0.3 is 10.5 Å². The Hall–Kier alpha value is -0.0800.